The molecule has 1 N–H and O–H groups in total. The number of guanidine groups is 1. The van der Waals surface area contributed by atoms with Crippen LogP contribution in [0.1, 0.15) is 33.0 Å². The van der Waals surface area contributed by atoms with Crippen LogP contribution in [0.5, 0.6) is 0 Å². The monoisotopic (exact) mass is 292 g/mol. The Morgan fingerprint density at radius 3 is 2.71 bits per heavy atom. The zero-order valence-electron chi connectivity index (χ0n) is 13.7. The zero-order chi connectivity index (χ0) is 15.2. The number of piperidine rings is 1. The van der Waals surface area contributed by atoms with Crippen LogP contribution >= 0.6 is 0 Å². The van der Waals surface area contributed by atoms with E-state index in [-0.39, 0.29) is 0 Å². The van der Waals surface area contributed by atoms with Crippen molar-refractivity contribution in [1.29, 1.82) is 0 Å². The van der Waals surface area contributed by atoms with Gasteiger partial charge in [0.2, 0.25) is 0 Å². The van der Waals surface area contributed by atoms with Crippen LogP contribution in [0.3, 0.4) is 0 Å². The highest BCUT2D eigenvalue weighted by Gasteiger charge is 2.23. The van der Waals surface area contributed by atoms with E-state index in [1.54, 1.807) is 6.33 Å². The Bertz CT molecular complexity index is 456. The summed E-state index contributed by atoms with van der Waals surface area (Å²) in [6.45, 7) is 10.6. The van der Waals surface area contributed by atoms with Crippen molar-refractivity contribution >= 4 is 5.96 Å². The van der Waals surface area contributed by atoms with Crippen molar-refractivity contribution in [3.05, 3.63) is 12.2 Å². The predicted octanol–water partition coefficient (Wildman–Crippen LogP) is 1.39. The summed E-state index contributed by atoms with van der Waals surface area (Å²) in [5, 5.41) is 11.5. The number of hydrogen-bond acceptors (Lipinski definition) is 3. The van der Waals surface area contributed by atoms with E-state index >= 15 is 0 Å². The van der Waals surface area contributed by atoms with E-state index in [0.717, 1.165) is 56.2 Å². The molecule has 6 nitrogen and oxygen atoms in total. The Kier molecular flexibility index (Phi) is 5.59. The number of aromatic nitrogens is 3. The summed E-state index contributed by atoms with van der Waals surface area (Å²) in [4.78, 5) is 6.81. The van der Waals surface area contributed by atoms with E-state index in [9.17, 15) is 0 Å². The van der Waals surface area contributed by atoms with Gasteiger partial charge in [-0.25, -0.2) is 0 Å². The van der Waals surface area contributed by atoms with E-state index in [1.807, 2.05) is 7.05 Å². The first-order valence-electron chi connectivity index (χ1n) is 7.96. The lowest BCUT2D eigenvalue weighted by molar-refractivity contribution is 0.208. The highest BCUT2D eigenvalue weighted by atomic mass is 15.3. The van der Waals surface area contributed by atoms with Crippen molar-refractivity contribution in [3.63, 3.8) is 0 Å². The van der Waals surface area contributed by atoms with Gasteiger partial charge in [-0.3, -0.25) is 4.99 Å². The molecule has 0 bridgehead atoms. The maximum absolute atomic E-state index is 4.43. The molecule has 0 amide bonds. The van der Waals surface area contributed by atoms with Gasteiger partial charge in [0.25, 0.3) is 0 Å². The first-order valence-corrected chi connectivity index (χ1v) is 7.96. The minimum atomic E-state index is 0.733. The van der Waals surface area contributed by atoms with Gasteiger partial charge in [0.15, 0.2) is 5.96 Å². The summed E-state index contributed by atoms with van der Waals surface area (Å²) in [7, 11) is 1.86. The molecule has 1 aromatic rings. The third kappa shape index (κ3) is 4.19. The van der Waals surface area contributed by atoms with Crippen LogP contribution in [0, 0.1) is 11.8 Å². The maximum Gasteiger partial charge on any atom is 0.193 e. The number of aryl methyl sites for hydroxylation is 1. The third-order valence-corrected chi connectivity index (χ3v) is 4.03. The molecule has 0 radical (unpaired) electrons. The van der Waals surface area contributed by atoms with Gasteiger partial charge in [0, 0.05) is 39.6 Å². The quantitative estimate of drug-likeness (QED) is 0.673. The van der Waals surface area contributed by atoms with E-state index in [1.165, 1.54) is 6.42 Å². The third-order valence-electron chi connectivity index (χ3n) is 4.03. The van der Waals surface area contributed by atoms with Crippen molar-refractivity contribution in [3.8, 4) is 0 Å². The molecule has 118 valence electrons. The molecule has 0 aliphatic carbocycles. The Hall–Kier alpha value is -1.59. The Morgan fingerprint density at radius 2 is 2.10 bits per heavy atom. The summed E-state index contributed by atoms with van der Waals surface area (Å²) in [6.07, 6.45) is 4.03. The summed E-state index contributed by atoms with van der Waals surface area (Å²) in [5.41, 5.74) is 0. The topological polar surface area (TPSA) is 58.3 Å². The summed E-state index contributed by atoms with van der Waals surface area (Å²) in [6, 6.07) is 0. The van der Waals surface area contributed by atoms with Gasteiger partial charge in [-0.05, 0) is 18.3 Å². The molecule has 1 aliphatic rings. The Morgan fingerprint density at radius 1 is 1.38 bits per heavy atom. The van der Waals surface area contributed by atoms with Crippen LogP contribution in [0.4, 0.5) is 0 Å². The molecule has 2 atom stereocenters. The number of hydrogen-bond donors (Lipinski definition) is 1. The van der Waals surface area contributed by atoms with Gasteiger partial charge < -0.3 is 14.8 Å². The fourth-order valence-corrected chi connectivity index (χ4v) is 3.20. The molecule has 0 saturated carbocycles. The van der Waals surface area contributed by atoms with Crippen molar-refractivity contribution < 1.29 is 0 Å². The zero-order valence-corrected chi connectivity index (χ0v) is 13.7. The molecule has 1 saturated heterocycles. The molecule has 1 aliphatic heterocycles. The van der Waals surface area contributed by atoms with Crippen LogP contribution in [0.25, 0.3) is 0 Å². The number of rotatable bonds is 4. The first-order chi connectivity index (χ1) is 10.1. The molecule has 2 heterocycles. The Balaban J connectivity index is 1.85. The smallest absolute Gasteiger partial charge is 0.193 e. The van der Waals surface area contributed by atoms with Gasteiger partial charge in [0.1, 0.15) is 12.2 Å². The first kappa shape index (κ1) is 15.8. The van der Waals surface area contributed by atoms with Crippen molar-refractivity contribution in [2.45, 2.75) is 40.2 Å². The maximum atomic E-state index is 4.43. The fourth-order valence-electron chi connectivity index (χ4n) is 3.20. The highest BCUT2D eigenvalue weighted by molar-refractivity contribution is 5.79. The normalized spacial score (nSPS) is 23.4. The predicted molar refractivity (Wildman–Crippen MR) is 85.3 cm³/mol. The number of nitrogens with one attached hydrogen (secondary N) is 1. The highest BCUT2D eigenvalue weighted by Crippen LogP contribution is 2.20. The summed E-state index contributed by atoms with van der Waals surface area (Å²) in [5.74, 6) is 3.51. The van der Waals surface area contributed by atoms with Crippen LogP contribution < -0.4 is 5.32 Å². The molecule has 0 aromatic carbocycles. The van der Waals surface area contributed by atoms with Crippen molar-refractivity contribution in [2.75, 3.05) is 26.7 Å². The van der Waals surface area contributed by atoms with Crippen LogP contribution in [-0.2, 0) is 13.0 Å². The molecule has 2 rings (SSSR count). The molecule has 6 heteroatoms. The summed E-state index contributed by atoms with van der Waals surface area (Å²) < 4.78 is 2.10. The second kappa shape index (κ2) is 7.43. The number of aliphatic imine (C=N–C) groups is 1. The van der Waals surface area contributed by atoms with E-state index in [2.05, 4.69) is 50.7 Å². The lowest BCUT2D eigenvalue weighted by atomic mass is 9.92. The van der Waals surface area contributed by atoms with Crippen molar-refractivity contribution in [2.24, 2.45) is 16.8 Å². The minimum Gasteiger partial charge on any atom is -0.354 e. The average molecular weight is 292 g/mol. The van der Waals surface area contributed by atoms with Gasteiger partial charge in [-0.15, -0.1) is 10.2 Å². The van der Waals surface area contributed by atoms with Gasteiger partial charge >= 0.3 is 0 Å². The van der Waals surface area contributed by atoms with E-state index in [4.69, 9.17) is 0 Å². The molecule has 0 spiro atoms. The fraction of sp³-hybridized carbons (Fsp3) is 0.800. The molecular weight excluding hydrogens is 264 g/mol. The SMILES string of the molecule is CCc1nncn1CCNC(=NC)N1CC(C)CC(C)C1. The number of likely N-dealkylation sites (tertiary alicyclic amines) is 1. The molecule has 1 fully saturated rings. The van der Waals surface area contributed by atoms with Crippen LogP contribution in [0.15, 0.2) is 11.3 Å². The second-order valence-corrected chi connectivity index (χ2v) is 6.12. The van der Waals surface area contributed by atoms with Gasteiger partial charge in [0.05, 0.1) is 0 Å². The lowest BCUT2D eigenvalue weighted by Crippen LogP contribution is -2.49. The van der Waals surface area contributed by atoms with Gasteiger partial charge in [-0.1, -0.05) is 20.8 Å². The standard InChI is InChI=1S/C15H28N6/c1-5-14-19-18-11-20(14)7-6-17-15(16-4)21-9-12(2)8-13(3)10-21/h11-13H,5-10H2,1-4H3,(H,16,17). The largest absolute Gasteiger partial charge is 0.354 e. The van der Waals surface area contributed by atoms with Gasteiger partial charge in [-0.2, -0.15) is 0 Å². The second-order valence-electron chi connectivity index (χ2n) is 6.12. The molecule has 2 unspecified atom stereocenters. The minimum absolute atomic E-state index is 0.733. The van der Waals surface area contributed by atoms with E-state index in [0.29, 0.717) is 0 Å². The summed E-state index contributed by atoms with van der Waals surface area (Å²) >= 11 is 0. The van der Waals surface area contributed by atoms with E-state index < -0.39 is 0 Å². The average Bonchev–Trinajstić information content (AvgIpc) is 2.90. The van der Waals surface area contributed by atoms with Crippen molar-refractivity contribution in [1.82, 2.24) is 25.0 Å². The molecule has 21 heavy (non-hydrogen) atoms. The lowest BCUT2D eigenvalue weighted by Gasteiger charge is -2.37. The van der Waals surface area contributed by atoms with Crippen LogP contribution in [-0.4, -0.2) is 52.3 Å². The molecular formula is C15H28N6. The number of nitrogens with zero attached hydrogens (tertiary/aromatic N) is 5. The van der Waals surface area contributed by atoms with Crippen LogP contribution in [0.2, 0.25) is 0 Å². The molecule has 1 aromatic heterocycles. The Labute approximate surface area is 127 Å².